The van der Waals surface area contributed by atoms with E-state index in [4.69, 9.17) is 0 Å². The van der Waals surface area contributed by atoms with Gasteiger partial charge in [0.25, 0.3) is 0 Å². The van der Waals surface area contributed by atoms with Crippen molar-refractivity contribution in [3.8, 4) is 11.3 Å². The van der Waals surface area contributed by atoms with E-state index in [1.807, 2.05) is 35.0 Å². The minimum Gasteiger partial charge on any atom is -0.326 e. The van der Waals surface area contributed by atoms with Crippen LogP contribution in [0.25, 0.3) is 16.2 Å². The molecule has 1 N–H and O–H groups in total. The zero-order valence-corrected chi connectivity index (χ0v) is 14.9. The summed E-state index contributed by atoms with van der Waals surface area (Å²) in [5, 5.41) is 4.72. The van der Waals surface area contributed by atoms with Crippen LogP contribution in [0, 0.1) is 12.7 Å². The zero-order valence-electron chi connectivity index (χ0n) is 14.1. The largest absolute Gasteiger partial charge is 0.326 e. The van der Waals surface area contributed by atoms with Gasteiger partial charge in [0.1, 0.15) is 5.82 Å². The molecule has 26 heavy (non-hydrogen) atoms. The van der Waals surface area contributed by atoms with Crippen molar-refractivity contribution >= 4 is 27.9 Å². The molecule has 130 valence electrons. The molecule has 4 nitrogen and oxygen atoms in total. The highest BCUT2D eigenvalue weighted by Gasteiger charge is 2.13. The number of thiazole rings is 1. The summed E-state index contributed by atoms with van der Waals surface area (Å²) in [5.74, 6) is -0.480. The molecule has 0 aliphatic heterocycles. The van der Waals surface area contributed by atoms with E-state index in [0.717, 1.165) is 21.9 Å². The summed E-state index contributed by atoms with van der Waals surface area (Å²) in [6, 6.07) is 13.9. The summed E-state index contributed by atoms with van der Waals surface area (Å²) >= 11 is 1.51. The van der Waals surface area contributed by atoms with E-state index < -0.39 is 0 Å². The monoisotopic (exact) mass is 365 g/mol. The number of hydrogen-bond donors (Lipinski definition) is 1. The minimum atomic E-state index is -0.329. The number of carbonyl (C=O) groups is 1. The van der Waals surface area contributed by atoms with Crippen LogP contribution in [0.15, 0.2) is 60.1 Å². The number of benzene rings is 2. The summed E-state index contributed by atoms with van der Waals surface area (Å²) in [7, 11) is 0. The second-order valence-corrected chi connectivity index (χ2v) is 6.94. The summed E-state index contributed by atoms with van der Waals surface area (Å²) in [4.78, 5) is 17.8. The number of hydrogen-bond acceptors (Lipinski definition) is 3. The van der Waals surface area contributed by atoms with Crippen molar-refractivity contribution in [3.63, 3.8) is 0 Å². The number of amides is 1. The molecule has 4 aromatic rings. The Morgan fingerprint density at radius 3 is 2.62 bits per heavy atom. The van der Waals surface area contributed by atoms with Crippen LogP contribution in [0.4, 0.5) is 10.1 Å². The van der Waals surface area contributed by atoms with E-state index in [1.54, 1.807) is 12.1 Å². The summed E-state index contributed by atoms with van der Waals surface area (Å²) < 4.78 is 14.9. The Labute approximate surface area is 153 Å². The van der Waals surface area contributed by atoms with Crippen LogP contribution < -0.4 is 5.32 Å². The van der Waals surface area contributed by atoms with Gasteiger partial charge in [0.2, 0.25) is 5.91 Å². The Morgan fingerprint density at radius 2 is 1.88 bits per heavy atom. The molecule has 0 bridgehead atoms. The van der Waals surface area contributed by atoms with Gasteiger partial charge in [-0.3, -0.25) is 9.20 Å². The molecule has 4 rings (SSSR count). The molecule has 6 heteroatoms. The maximum atomic E-state index is 12.9. The molecule has 2 heterocycles. The number of nitrogens with one attached hydrogen (secondary N) is 1. The third-order valence-electron chi connectivity index (χ3n) is 4.10. The molecule has 0 aliphatic rings. The van der Waals surface area contributed by atoms with Gasteiger partial charge in [-0.25, -0.2) is 9.37 Å². The van der Waals surface area contributed by atoms with Crippen molar-refractivity contribution in [3.05, 3.63) is 77.2 Å². The van der Waals surface area contributed by atoms with Gasteiger partial charge in [-0.05, 0) is 31.2 Å². The number of nitrogens with zero attached hydrogens (tertiary/aromatic N) is 2. The predicted molar refractivity (Wildman–Crippen MR) is 102 cm³/mol. The standard InChI is InChI=1S/C20H16FN3OS/c1-13-2-4-14(5-3-13)18-11-24-17(12-26-20(24)23-18)10-19(25)22-16-8-6-15(21)7-9-16/h2-9,11-12H,10H2,1H3,(H,22,25). The average Bonchev–Trinajstić information content (AvgIpc) is 3.20. The molecular weight excluding hydrogens is 349 g/mol. The molecule has 0 atom stereocenters. The van der Waals surface area contributed by atoms with Crippen molar-refractivity contribution in [2.45, 2.75) is 13.3 Å². The molecule has 0 radical (unpaired) electrons. The number of carbonyl (C=O) groups excluding carboxylic acids is 1. The number of halogens is 1. The van der Waals surface area contributed by atoms with Crippen LogP contribution in [0.2, 0.25) is 0 Å². The van der Waals surface area contributed by atoms with Crippen LogP contribution in [-0.4, -0.2) is 15.3 Å². The predicted octanol–water partition coefficient (Wildman–Crippen LogP) is 4.69. The molecule has 0 aliphatic carbocycles. The Bertz CT molecular complexity index is 1060. The molecule has 0 fully saturated rings. The Morgan fingerprint density at radius 1 is 1.15 bits per heavy atom. The molecule has 0 spiro atoms. The number of anilines is 1. The molecule has 2 aromatic carbocycles. The lowest BCUT2D eigenvalue weighted by Crippen LogP contribution is -2.15. The Balaban J connectivity index is 1.54. The quantitative estimate of drug-likeness (QED) is 0.570. The van der Waals surface area contributed by atoms with E-state index >= 15 is 0 Å². The Hall–Kier alpha value is -2.99. The lowest BCUT2D eigenvalue weighted by molar-refractivity contribution is -0.115. The van der Waals surface area contributed by atoms with Crippen LogP contribution in [-0.2, 0) is 11.2 Å². The maximum Gasteiger partial charge on any atom is 0.230 e. The number of imidazole rings is 1. The summed E-state index contributed by atoms with van der Waals surface area (Å²) in [6.07, 6.45) is 2.18. The molecular formula is C20H16FN3OS. The van der Waals surface area contributed by atoms with Crippen molar-refractivity contribution in [1.82, 2.24) is 9.38 Å². The first-order valence-electron chi connectivity index (χ1n) is 8.16. The van der Waals surface area contributed by atoms with Crippen molar-refractivity contribution in [2.24, 2.45) is 0 Å². The van der Waals surface area contributed by atoms with Gasteiger partial charge >= 0.3 is 0 Å². The number of aryl methyl sites for hydroxylation is 1. The summed E-state index contributed by atoms with van der Waals surface area (Å²) in [6.45, 7) is 2.05. The first kappa shape index (κ1) is 16.5. The minimum absolute atomic E-state index is 0.151. The van der Waals surface area contributed by atoms with E-state index in [1.165, 1.54) is 29.0 Å². The van der Waals surface area contributed by atoms with Crippen molar-refractivity contribution in [1.29, 1.82) is 0 Å². The topological polar surface area (TPSA) is 46.4 Å². The fourth-order valence-electron chi connectivity index (χ4n) is 2.72. The molecule has 0 unspecified atom stereocenters. The zero-order chi connectivity index (χ0) is 18.1. The van der Waals surface area contributed by atoms with Gasteiger partial charge in [0.15, 0.2) is 4.96 Å². The first-order valence-corrected chi connectivity index (χ1v) is 9.04. The second kappa shape index (κ2) is 6.72. The van der Waals surface area contributed by atoms with Crippen LogP contribution in [0.3, 0.4) is 0 Å². The fourth-order valence-corrected chi connectivity index (χ4v) is 3.60. The number of fused-ring (bicyclic) bond motifs is 1. The normalized spacial score (nSPS) is 11.0. The summed E-state index contributed by atoms with van der Waals surface area (Å²) in [5.41, 5.74) is 4.59. The van der Waals surface area contributed by atoms with Gasteiger partial charge in [0, 0.05) is 28.5 Å². The second-order valence-electron chi connectivity index (χ2n) is 6.10. The van der Waals surface area contributed by atoms with Gasteiger partial charge in [0.05, 0.1) is 12.1 Å². The van der Waals surface area contributed by atoms with E-state index in [0.29, 0.717) is 5.69 Å². The molecule has 0 saturated carbocycles. The smallest absolute Gasteiger partial charge is 0.230 e. The van der Waals surface area contributed by atoms with Gasteiger partial charge < -0.3 is 5.32 Å². The third-order valence-corrected chi connectivity index (χ3v) is 4.99. The third kappa shape index (κ3) is 3.36. The van der Waals surface area contributed by atoms with Crippen LogP contribution in [0.1, 0.15) is 11.3 Å². The highest BCUT2D eigenvalue weighted by Crippen LogP contribution is 2.24. The van der Waals surface area contributed by atoms with Crippen molar-refractivity contribution in [2.75, 3.05) is 5.32 Å². The molecule has 1 amide bonds. The highest BCUT2D eigenvalue weighted by molar-refractivity contribution is 7.15. The van der Waals surface area contributed by atoms with E-state index in [2.05, 4.69) is 22.4 Å². The first-order chi connectivity index (χ1) is 12.6. The number of aromatic nitrogens is 2. The van der Waals surface area contributed by atoms with Crippen LogP contribution >= 0.6 is 11.3 Å². The van der Waals surface area contributed by atoms with E-state index in [9.17, 15) is 9.18 Å². The van der Waals surface area contributed by atoms with Gasteiger partial charge in [-0.2, -0.15) is 0 Å². The Kier molecular flexibility index (Phi) is 4.26. The fraction of sp³-hybridized carbons (Fsp3) is 0.100. The van der Waals surface area contributed by atoms with E-state index in [-0.39, 0.29) is 18.1 Å². The molecule has 0 saturated heterocycles. The van der Waals surface area contributed by atoms with Gasteiger partial charge in [-0.15, -0.1) is 11.3 Å². The van der Waals surface area contributed by atoms with Crippen molar-refractivity contribution < 1.29 is 9.18 Å². The maximum absolute atomic E-state index is 12.9. The van der Waals surface area contributed by atoms with Gasteiger partial charge in [-0.1, -0.05) is 29.8 Å². The highest BCUT2D eigenvalue weighted by atomic mass is 32.1. The SMILES string of the molecule is Cc1ccc(-c2cn3c(CC(=O)Nc4ccc(F)cc4)csc3n2)cc1. The average molecular weight is 365 g/mol. The lowest BCUT2D eigenvalue weighted by Gasteiger charge is -2.04. The number of rotatable bonds is 4. The molecule has 2 aromatic heterocycles. The van der Waals surface area contributed by atoms with Crippen LogP contribution in [0.5, 0.6) is 0 Å². The lowest BCUT2D eigenvalue weighted by atomic mass is 10.1.